The van der Waals surface area contributed by atoms with Crippen molar-refractivity contribution in [3.8, 4) is 0 Å². The highest BCUT2D eigenvalue weighted by atomic mass is 15.3. The zero-order valence-electron chi connectivity index (χ0n) is 10.3. The van der Waals surface area contributed by atoms with Gasteiger partial charge in [0.25, 0.3) is 0 Å². The molecule has 0 aliphatic carbocycles. The first-order chi connectivity index (χ1) is 7.77. The van der Waals surface area contributed by atoms with Crippen molar-refractivity contribution >= 4 is 0 Å². The second kappa shape index (κ2) is 5.46. The molecule has 1 aliphatic heterocycles. The SMILES string of the molecule is CC(C)n1nccc1CN1CCCNCC1. The van der Waals surface area contributed by atoms with Crippen LogP contribution in [0, 0.1) is 0 Å². The summed E-state index contributed by atoms with van der Waals surface area (Å²) in [7, 11) is 0. The number of nitrogens with one attached hydrogen (secondary N) is 1. The van der Waals surface area contributed by atoms with Gasteiger partial charge in [-0.2, -0.15) is 5.10 Å². The number of hydrogen-bond acceptors (Lipinski definition) is 3. The fourth-order valence-corrected chi connectivity index (χ4v) is 2.22. The van der Waals surface area contributed by atoms with E-state index in [1.54, 1.807) is 0 Å². The van der Waals surface area contributed by atoms with Crippen molar-refractivity contribution < 1.29 is 0 Å². The van der Waals surface area contributed by atoms with Crippen LogP contribution in [0.2, 0.25) is 0 Å². The average molecular weight is 222 g/mol. The van der Waals surface area contributed by atoms with Gasteiger partial charge in [-0.1, -0.05) is 0 Å². The Morgan fingerprint density at radius 2 is 2.25 bits per heavy atom. The van der Waals surface area contributed by atoms with Crippen LogP contribution in [0.5, 0.6) is 0 Å². The van der Waals surface area contributed by atoms with E-state index in [0.717, 1.165) is 26.2 Å². The molecule has 0 atom stereocenters. The first kappa shape index (κ1) is 11.6. The summed E-state index contributed by atoms with van der Waals surface area (Å²) in [6, 6.07) is 2.59. The lowest BCUT2D eigenvalue weighted by Gasteiger charge is -2.20. The van der Waals surface area contributed by atoms with Crippen molar-refractivity contribution in [1.82, 2.24) is 20.0 Å². The molecule has 1 aromatic rings. The third-order valence-electron chi connectivity index (χ3n) is 3.06. The molecule has 1 saturated heterocycles. The Morgan fingerprint density at radius 3 is 3.06 bits per heavy atom. The van der Waals surface area contributed by atoms with Crippen LogP contribution < -0.4 is 5.32 Å². The van der Waals surface area contributed by atoms with Crippen LogP contribution in [-0.4, -0.2) is 40.9 Å². The monoisotopic (exact) mass is 222 g/mol. The fourth-order valence-electron chi connectivity index (χ4n) is 2.22. The molecule has 4 heteroatoms. The predicted molar refractivity (Wildman–Crippen MR) is 65.4 cm³/mol. The van der Waals surface area contributed by atoms with Gasteiger partial charge in [0.15, 0.2) is 0 Å². The smallest absolute Gasteiger partial charge is 0.0527 e. The van der Waals surface area contributed by atoms with Crippen molar-refractivity contribution in [2.24, 2.45) is 0 Å². The van der Waals surface area contributed by atoms with E-state index in [4.69, 9.17) is 0 Å². The van der Waals surface area contributed by atoms with E-state index >= 15 is 0 Å². The largest absolute Gasteiger partial charge is 0.315 e. The van der Waals surface area contributed by atoms with E-state index in [-0.39, 0.29) is 0 Å². The molecule has 1 fully saturated rings. The summed E-state index contributed by atoms with van der Waals surface area (Å²) in [6.07, 6.45) is 3.15. The molecule has 0 saturated carbocycles. The second-order valence-electron chi connectivity index (χ2n) is 4.74. The Morgan fingerprint density at radius 1 is 1.38 bits per heavy atom. The van der Waals surface area contributed by atoms with E-state index in [2.05, 4.69) is 39.9 Å². The zero-order chi connectivity index (χ0) is 11.4. The first-order valence-corrected chi connectivity index (χ1v) is 6.23. The molecule has 0 bridgehead atoms. The molecule has 90 valence electrons. The van der Waals surface area contributed by atoms with Gasteiger partial charge < -0.3 is 5.32 Å². The molecule has 0 aromatic carbocycles. The standard InChI is InChI=1S/C12H22N4/c1-11(2)16-12(4-6-14-16)10-15-8-3-5-13-7-9-15/h4,6,11,13H,3,5,7-10H2,1-2H3. The maximum absolute atomic E-state index is 4.38. The van der Waals surface area contributed by atoms with E-state index in [9.17, 15) is 0 Å². The van der Waals surface area contributed by atoms with Gasteiger partial charge in [0.05, 0.1) is 5.69 Å². The molecular formula is C12H22N4. The van der Waals surface area contributed by atoms with Crippen LogP contribution >= 0.6 is 0 Å². The van der Waals surface area contributed by atoms with Crippen LogP contribution in [0.25, 0.3) is 0 Å². The van der Waals surface area contributed by atoms with Crippen molar-refractivity contribution in [3.05, 3.63) is 18.0 Å². The number of rotatable bonds is 3. The van der Waals surface area contributed by atoms with Crippen molar-refractivity contribution in [3.63, 3.8) is 0 Å². The van der Waals surface area contributed by atoms with Gasteiger partial charge in [-0.15, -0.1) is 0 Å². The Labute approximate surface area is 97.6 Å². The molecule has 4 nitrogen and oxygen atoms in total. The van der Waals surface area contributed by atoms with Crippen LogP contribution in [0.4, 0.5) is 0 Å². The van der Waals surface area contributed by atoms with E-state index in [1.807, 2.05) is 6.20 Å². The summed E-state index contributed by atoms with van der Waals surface area (Å²) in [4.78, 5) is 2.51. The van der Waals surface area contributed by atoms with Gasteiger partial charge in [0.2, 0.25) is 0 Å². The minimum Gasteiger partial charge on any atom is -0.315 e. The molecular weight excluding hydrogens is 200 g/mol. The Kier molecular flexibility index (Phi) is 3.96. The lowest BCUT2D eigenvalue weighted by Crippen LogP contribution is -2.29. The van der Waals surface area contributed by atoms with Crippen LogP contribution in [-0.2, 0) is 6.54 Å². The maximum atomic E-state index is 4.38. The normalized spacial score (nSPS) is 18.9. The summed E-state index contributed by atoms with van der Waals surface area (Å²) in [5, 5.41) is 7.81. The van der Waals surface area contributed by atoms with Crippen molar-refractivity contribution in [1.29, 1.82) is 0 Å². The molecule has 16 heavy (non-hydrogen) atoms. The lowest BCUT2D eigenvalue weighted by atomic mass is 10.3. The number of aromatic nitrogens is 2. The summed E-state index contributed by atoms with van der Waals surface area (Å²) < 4.78 is 2.12. The highest BCUT2D eigenvalue weighted by Crippen LogP contribution is 2.11. The van der Waals surface area contributed by atoms with Crippen LogP contribution in [0.3, 0.4) is 0 Å². The highest BCUT2D eigenvalue weighted by Gasteiger charge is 2.12. The van der Waals surface area contributed by atoms with Gasteiger partial charge in [-0.3, -0.25) is 9.58 Å². The van der Waals surface area contributed by atoms with Gasteiger partial charge in [-0.05, 0) is 39.4 Å². The maximum Gasteiger partial charge on any atom is 0.0527 e. The Balaban J connectivity index is 1.99. The van der Waals surface area contributed by atoms with E-state index < -0.39 is 0 Å². The molecule has 1 aromatic heterocycles. The third kappa shape index (κ3) is 2.83. The van der Waals surface area contributed by atoms with Gasteiger partial charge >= 0.3 is 0 Å². The predicted octanol–water partition coefficient (Wildman–Crippen LogP) is 1.26. The molecule has 0 unspecified atom stereocenters. The second-order valence-corrected chi connectivity index (χ2v) is 4.74. The highest BCUT2D eigenvalue weighted by molar-refractivity contribution is 5.01. The molecule has 1 aliphatic rings. The minimum absolute atomic E-state index is 0.454. The van der Waals surface area contributed by atoms with Gasteiger partial charge in [0, 0.05) is 31.9 Å². The summed E-state index contributed by atoms with van der Waals surface area (Å²) in [5.74, 6) is 0. The van der Waals surface area contributed by atoms with Gasteiger partial charge in [-0.25, -0.2) is 0 Å². The molecule has 0 spiro atoms. The topological polar surface area (TPSA) is 33.1 Å². The average Bonchev–Trinajstić information content (AvgIpc) is 2.55. The summed E-state index contributed by atoms with van der Waals surface area (Å²) in [5.41, 5.74) is 1.33. The van der Waals surface area contributed by atoms with Crippen LogP contribution in [0.15, 0.2) is 12.3 Å². The molecule has 0 amide bonds. The molecule has 0 radical (unpaired) electrons. The third-order valence-corrected chi connectivity index (χ3v) is 3.06. The van der Waals surface area contributed by atoms with Crippen LogP contribution in [0.1, 0.15) is 32.0 Å². The number of hydrogen-bond donors (Lipinski definition) is 1. The minimum atomic E-state index is 0.454. The molecule has 1 N–H and O–H groups in total. The summed E-state index contributed by atoms with van der Waals surface area (Å²) >= 11 is 0. The molecule has 2 rings (SSSR count). The Bertz CT molecular complexity index is 311. The summed E-state index contributed by atoms with van der Waals surface area (Å²) in [6.45, 7) is 9.98. The van der Waals surface area contributed by atoms with Crippen molar-refractivity contribution in [2.75, 3.05) is 26.2 Å². The zero-order valence-corrected chi connectivity index (χ0v) is 10.3. The Hall–Kier alpha value is -0.870. The number of nitrogens with zero attached hydrogens (tertiary/aromatic N) is 3. The van der Waals surface area contributed by atoms with E-state index in [0.29, 0.717) is 6.04 Å². The first-order valence-electron chi connectivity index (χ1n) is 6.23. The quantitative estimate of drug-likeness (QED) is 0.836. The van der Waals surface area contributed by atoms with Crippen molar-refractivity contribution in [2.45, 2.75) is 32.9 Å². The fraction of sp³-hybridized carbons (Fsp3) is 0.750. The van der Waals surface area contributed by atoms with Gasteiger partial charge in [0.1, 0.15) is 0 Å². The lowest BCUT2D eigenvalue weighted by molar-refractivity contribution is 0.272. The van der Waals surface area contributed by atoms with E-state index in [1.165, 1.54) is 18.7 Å². The molecule has 2 heterocycles.